The lowest BCUT2D eigenvalue weighted by atomic mass is 9.62. The molecule has 1 fully saturated rings. The van der Waals surface area contributed by atoms with E-state index < -0.39 is 18.2 Å². The molecule has 19 heavy (non-hydrogen) atoms. The lowest BCUT2D eigenvalue weighted by molar-refractivity contribution is -0.173. The predicted octanol–water partition coefficient (Wildman–Crippen LogP) is 1.38. The number of ether oxygens (including phenoxy) is 1. The minimum absolute atomic E-state index is 0.00760. The van der Waals surface area contributed by atoms with Gasteiger partial charge in [0.15, 0.2) is 0 Å². The average Bonchev–Trinajstić information content (AvgIpc) is 2.21. The number of nitrogens with two attached hydrogens (primary N) is 1. The number of rotatable bonds is 6. The second kappa shape index (κ2) is 6.04. The highest BCUT2D eigenvalue weighted by molar-refractivity contribution is 7.80. The Labute approximate surface area is 114 Å². The minimum Gasteiger partial charge on any atom is -0.392 e. The van der Waals surface area contributed by atoms with Gasteiger partial charge in [0.1, 0.15) is 6.61 Å². The fourth-order valence-electron chi connectivity index (χ4n) is 2.22. The van der Waals surface area contributed by atoms with Crippen molar-refractivity contribution in [3.8, 4) is 0 Å². The van der Waals surface area contributed by atoms with Crippen LogP contribution in [0.3, 0.4) is 0 Å². The molecule has 110 valence electrons. The molecule has 8 heteroatoms. The maximum atomic E-state index is 11.9. The molecule has 0 heterocycles. The first-order chi connectivity index (χ1) is 8.67. The Kier molecular flexibility index (Phi) is 5.14. The normalized spacial score (nSPS) is 26.6. The molecule has 0 unspecified atom stereocenters. The first kappa shape index (κ1) is 16.2. The van der Waals surface area contributed by atoms with E-state index in [1.165, 1.54) is 0 Å². The molecule has 0 atom stereocenters. The van der Waals surface area contributed by atoms with Crippen LogP contribution in [-0.4, -0.2) is 36.8 Å². The molecule has 0 saturated heterocycles. The zero-order chi connectivity index (χ0) is 14.7. The fraction of sp³-hybridized carbons (Fsp3) is 0.818. The van der Waals surface area contributed by atoms with Crippen molar-refractivity contribution in [2.24, 2.45) is 17.1 Å². The largest absolute Gasteiger partial charge is 0.411 e. The number of hydrogen-bond donors (Lipinski definition) is 2. The summed E-state index contributed by atoms with van der Waals surface area (Å²) < 4.78 is 39.8. The van der Waals surface area contributed by atoms with Gasteiger partial charge in [-0.1, -0.05) is 19.1 Å². The van der Waals surface area contributed by atoms with E-state index in [2.05, 4.69) is 10.1 Å². The Morgan fingerprint density at radius 2 is 2.11 bits per heavy atom. The van der Waals surface area contributed by atoms with E-state index in [0.717, 1.165) is 0 Å². The summed E-state index contributed by atoms with van der Waals surface area (Å²) >= 11 is 4.90. The van der Waals surface area contributed by atoms with Crippen molar-refractivity contribution in [1.29, 1.82) is 0 Å². The van der Waals surface area contributed by atoms with Crippen molar-refractivity contribution in [3.05, 3.63) is 0 Å². The summed E-state index contributed by atoms with van der Waals surface area (Å²) in [7, 11) is 0. The van der Waals surface area contributed by atoms with Crippen molar-refractivity contribution >= 4 is 23.1 Å². The molecule has 1 aliphatic carbocycles. The lowest BCUT2D eigenvalue weighted by Crippen LogP contribution is -2.56. The van der Waals surface area contributed by atoms with E-state index in [-0.39, 0.29) is 24.0 Å². The Balaban J connectivity index is 2.29. The molecule has 0 bridgehead atoms. The van der Waals surface area contributed by atoms with Crippen molar-refractivity contribution in [1.82, 2.24) is 5.32 Å². The van der Waals surface area contributed by atoms with Gasteiger partial charge >= 0.3 is 6.18 Å². The zero-order valence-corrected chi connectivity index (χ0v) is 11.4. The topological polar surface area (TPSA) is 64.3 Å². The van der Waals surface area contributed by atoms with E-state index in [1.54, 1.807) is 0 Å². The summed E-state index contributed by atoms with van der Waals surface area (Å²) in [5.74, 6) is 0.0439. The lowest BCUT2D eigenvalue weighted by Gasteiger charge is -2.44. The van der Waals surface area contributed by atoms with Gasteiger partial charge in [-0.05, 0) is 18.8 Å². The van der Waals surface area contributed by atoms with E-state index in [1.807, 2.05) is 6.92 Å². The van der Waals surface area contributed by atoms with E-state index in [0.29, 0.717) is 18.8 Å². The summed E-state index contributed by atoms with van der Waals surface area (Å²) in [4.78, 5) is 12.1. The summed E-state index contributed by atoms with van der Waals surface area (Å²) in [6.45, 7) is 0.471. The maximum Gasteiger partial charge on any atom is 0.411 e. The van der Waals surface area contributed by atoms with Crippen LogP contribution in [0.2, 0.25) is 0 Å². The number of carbonyl (C=O) groups excluding carboxylic acids is 1. The Morgan fingerprint density at radius 1 is 1.53 bits per heavy atom. The third kappa shape index (κ3) is 4.31. The minimum atomic E-state index is -4.35. The van der Waals surface area contributed by atoms with Crippen LogP contribution in [0.5, 0.6) is 0 Å². The quantitative estimate of drug-likeness (QED) is 0.574. The van der Waals surface area contributed by atoms with Crippen LogP contribution in [0.4, 0.5) is 13.2 Å². The number of hydrogen-bond acceptors (Lipinski definition) is 3. The third-order valence-corrected chi connectivity index (χ3v) is 3.49. The highest BCUT2D eigenvalue weighted by atomic mass is 32.1. The molecule has 4 nitrogen and oxygen atoms in total. The molecule has 1 rings (SSSR count). The van der Waals surface area contributed by atoms with Gasteiger partial charge < -0.3 is 15.8 Å². The van der Waals surface area contributed by atoms with E-state index >= 15 is 0 Å². The van der Waals surface area contributed by atoms with Gasteiger partial charge in [0.05, 0.1) is 17.0 Å². The van der Waals surface area contributed by atoms with Crippen LogP contribution in [0, 0.1) is 11.3 Å². The molecule has 3 N–H and O–H groups in total. The molecule has 1 saturated carbocycles. The second-order valence-corrected chi connectivity index (χ2v) is 5.32. The number of carbonyl (C=O) groups is 1. The van der Waals surface area contributed by atoms with Gasteiger partial charge in [-0.15, -0.1) is 0 Å². The van der Waals surface area contributed by atoms with E-state index in [9.17, 15) is 18.0 Å². The van der Waals surface area contributed by atoms with Crippen molar-refractivity contribution < 1.29 is 22.7 Å². The smallest absolute Gasteiger partial charge is 0.392 e. The Hall–Kier alpha value is -0.890. The third-order valence-electron chi connectivity index (χ3n) is 3.10. The van der Waals surface area contributed by atoms with Crippen molar-refractivity contribution in [3.63, 3.8) is 0 Å². The number of nitrogens with one attached hydrogen (secondary N) is 1. The molecular formula is C11H17F3N2O2S. The number of thiocarbonyl (C=S) groups is 1. The first-order valence-corrected chi connectivity index (χ1v) is 6.31. The van der Waals surface area contributed by atoms with Crippen LogP contribution < -0.4 is 11.1 Å². The molecule has 0 radical (unpaired) electrons. The molecule has 0 aromatic carbocycles. The highest BCUT2D eigenvalue weighted by Gasteiger charge is 2.50. The Morgan fingerprint density at radius 3 is 2.53 bits per heavy atom. The molecule has 0 aromatic rings. The highest BCUT2D eigenvalue weighted by Crippen LogP contribution is 2.45. The van der Waals surface area contributed by atoms with Crippen molar-refractivity contribution in [2.45, 2.75) is 25.9 Å². The van der Waals surface area contributed by atoms with Crippen molar-refractivity contribution in [2.75, 3.05) is 19.8 Å². The van der Waals surface area contributed by atoms with Crippen LogP contribution >= 0.6 is 12.2 Å². The number of alkyl halides is 3. The molecule has 0 spiro atoms. The van der Waals surface area contributed by atoms with Gasteiger partial charge in [-0.3, -0.25) is 4.79 Å². The van der Waals surface area contributed by atoms with Gasteiger partial charge in [-0.25, -0.2) is 0 Å². The average molecular weight is 298 g/mol. The van der Waals surface area contributed by atoms with Gasteiger partial charge in [0.25, 0.3) is 0 Å². The number of amides is 1. The molecule has 1 aliphatic rings. The van der Waals surface area contributed by atoms with E-state index in [4.69, 9.17) is 18.0 Å². The summed E-state index contributed by atoms with van der Waals surface area (Å²) in [5, 5.41) is 2.51. The summed E-state index contributed by atoms with van der Waals surface area (Å²) in [5.41, 5.74) is 4.74. The standard InChI is InChI=1S/C11H17F3N2O2S/c1-7-4-10(5-7,8(15)19)9(17)16-2-3-18-6-11(12,13)14/h7H,2-6H2,1H3,(H2,15,19)(H,16,17). The maximum absolute atomic E-state index is 11.9. The molecule has 1 amide bonds. The monoisotopic (exact) mass is 298 g/mol. The zero-order valence-electron chi connectivity index (χ0n) is 10.5. The van der Waals surface area contributed by atoms with Gasteiger partial charge in [0, 0.05) is 6.54 Å². The second-order valence-electron chi connectivity index (χ2n) is 4.88. The SMILES string of the molecule is CC1CC(C(=O)NCCOCC(F)(F)F)(C(N)=S)C1. The van der Waals surface area contributed by atoms with Gasteiger partial charge in [-0.2, -0.15) is 13.2 Å². The van der Waals surface area contributed by atoms with Gasteiger partial charge in [0.2, 0.25) is 5.91 Å². The number of halogens is 3. The molecule has 0 aromatic heterocycles. The summed E-state index contributed by atoms with van der Waals surface area (Å²) in [6.07, 6.45) is -3.19. The van der Waals surface area contributed by atoms with Crippen LogP contribution in [0.1, 0.15) is 19.8 Å². The van der Waals surface area contributed by atoms with Crippen LogP contribution in [-0.2, 0) is 9.53 Å². The predicted molar refractivity (Wildman–Crippen MR) is 67.5 cm³/mol. The fourth-order valence-corrected chi connectivity index (χ4v) is 2.48. The van der Waals surface area contributed by atoms with Crippen LogP contribution in [0.15, 0.2) is 0 Å². The Bertz CT molecular complexity index is 354. The molecular weight excluding hydrogens is 281 g/mol. The molecule has 0 aliphatic heterocycles. The first-order valence-electron chi connectivity index (χ1n) is 5.90. The van der Waals surface area contributed by atoms with Crippen LogP contribution in [0.25, 0.3) is 0 Å². The summed E-state index contributed by atoms with van der Waals surface area (Å²) in [6, 6.07) is 0.